The van der Waals surface area contributed by atoms with Crippen molar-refractivity contribution in [2.24, 2.45) is 0 Å². The molecule has 1 aliphatic heterocycles. The fourth-order valence-corrected chi connectivity index (χ4v) is 2.82. The number of urea groups is 1. The molecular formula is C16H23ClN2O3. The first-order valence-corrected chi connectivity index (χ1v) is 7.87. The molecule has 0 saturated carbocycles. The number of amides is 2. The number of likely N-dealkylation sites (N-methyl/N-ethyl adjacent to an activating group) is 1. The highest BCUT2D eigenvalue weighted by Crippen LogP contribution is 2.32. The molecule has 122 valence electrons. The van der Waals surface area contributed by atoms with Crippen LogP contribution in [0, 0.1) is 0 Å². The van der Waals surface area contributed by atoms with E-state index in [0.717, 1.165) is 23.3 Å². The van der Waals surface area contributed by atoms with Crippen LogP contribution in [-0.4, -0.2) is 41.3 Å². The van der Waals surface area contributed by atoms with Crippen LogP contribution in [0.1, 0.15) is 31.9 Å². The summed E-state index contributed by atoms with van der Waals surface area (Å²) in [7, 11) is 0. The maximum absolute atomic E-state index is 12.2. The zero-order chi connectivity index (χ0) is 16.3. The largest absolute Gasteiger partial charge is 0.493 e. The van der Waals surface area contributed by atoms with Crippen LogP contribution in [0.4, 0.5) is 4.79 Å². The summed E-state index contributed by atoms with van der Waals surface area (Å²) < 4.78 is 5.62. The van der Waals surface area contributed by atoms with E-state index >= 15 is 0 Å². The Balaban J connectivity index is 2.02. The average molecular weight is 327 g/mol. The van der Waals surface area contributed by atoms with Crippen molar-refractivity contribution in [1.82, 2.24) is 10.2 Å². The van der Waals surface area contributed by atoms with Crippen molar-refractivity contribution in [3.63, 3.8) is 0 Å². The number of benzene rings is 1. The molecule has 6 heteroatoms. The number of hydrogen-bond acceptors (Lipinski definition) is 3. The van der Waals surface area contributed by atoms with Crippen LogP contribution >= 0.6 is 11.6 Å². The lowest BCUT2D eigenvalue weighted by atomic mass is 10.1. The topological polar surface area (TPSA) is 61.8 Å². The van der Waals surface area contributed by atoms with E-state index in [2.05, 4.69) is 5.32 Å². The lowest BCUT2D eigenvalue weighted by molar-refractivity contribution is 0.0479. The Labute approximate surface area is 136 Å². The fraction of sp³-hybridized carbons (Fsp3) is 0.562. The molecule has 1 aromatic rings. The predicted octanol–water partition coefficient (Wildman–Crippen LogP) is 2.58. The van der Waals surface area contributed by atoms with Gasteiger partial charge in [0.1, 0.15) is 5.75 Å². The lowest BCUT2D eigenvalue weighted by Gasteiger charge is -2.28. The van der Waals surface area contributed by atoms with Gasteiger partial charge in [0.2, 0.25) is 0 Å². The van der Waals surface area contributed by atoms with Gasteiger partial charge in [0.05, 0.1) is 18.8 Å². The van der Waals surface area contributed by atoms with E-state index in [-0.39, 0.29) is 12.6 Å². The number of carbonyl (C=O) groups is 1. The number of nitrogens with one attached hydrogen (secondary N) is 1. The van der Waals surface area contributed by atoms with Gasteiger partial charge in [-0.25, -0.2) is 4.79 Å². The van der Waals surface area contributed by atoms with E-state index in [4.69, 9.17) is 16.3 Å². The highest BCUT2D eigenvalue weighted by Gasteiger charge is 2.22. The number of halogens is 1. The third-order valence-electron chi connectivity index (χ3n) is 3.50. The number of aliphatic hydroxyl groups is 1. The molecule has 2 N–H and O–H groups in total. The van der Waals surface area contributed by atoms with Crippen LogP contribution in [0.15, 0.2) is 12.1 Å². The molecule has 0 radical (unpaired) electrons. The molecule has 0 bridgehead atoms. The van der Waals surface area contributed by atoms with E-state index in [1.807, 2.05) is 19.1 Å². The Bertz CT molecular complexity index is 555. The lowest BCUT2D eigenvalue weighted by Crippen LogP contribution is -2.46. The normalized spacial score (nSPS) is 13.5. The summed E-state index contributed by atoms with van der Waals surface area (Å²) in [5.74, 6) is 0.829. The average Bonchev–Trinajstić information content (AvgIpc) is 2.88. The maximum atomic E-state index is 12.2. The molecule has 1 aromatic carbocycles. The van der Waals surface area contributed by atoms with Crippen molar-refractivity contribution in [2.45, 2.75) is 39.3 Å². The van der Waals surface area contributed by atoms with Gasteiger partial charge in [-0.05, 0) is 38.5 Å². The summed E-state index contributed by atoms with van der Waals surface area (Å²) in [6, 6.07) is 3.51. The molecule has 0 atom stereocenters. The van der Waals surface area contributed by atoms with Crippen LogP contribution in [0.25, 0.3) is 0 Å². The molecule has 22 heavy (non-hydrogen) atoms. The molecule has 1 heterocycles. The molecule has 0 aliphatic carbocycles. The van der Waals surface area contributed by atoms with Crippen molar-refractivity contribution in [2.75, 3.05) is 19.7 Å². The van der Waals surface area contributed by atoms with Gasteiger partial charge in [-0.2, -0.15) is 0 Å². The number of fused-ring (bicyclic) bond motifs is 1. The third kappa shape index (κ3) is 4.27. The van der Waals surface area contributed by atoms with Crippen LogP contribution in [-0.2, 0) is 13.0 Å². The zero-order valence-electron chi connectivity index (χ0n) is 13.3. The highest BCUT2D eigenvalue weighted by molar-refractivity contribution is 6.30. The number of hydrogen-bond donors (Lipinski definition) is 2. The monoisotopic (exact) mass is 326 g/mol. The number of rotatable bonds is 5. The van der Waals surface area contributed by atoms with Crippen LogP contribution < -0.4 is 10.1 Å². The first kappa shape index (κ1) is 16.9. The molecule has 0 fully saturated rings. The Kier molecular flexibility index (Phi) is 5.19. The molecule has 2 amide bonds. The number of carbonyl (C=O) groups excluding carboxylic acids is 1. The van der Waals surface area contributed by atoms with E-state index in [1.165, 1.54) is 0 Å². The third-order valence-corrected chi connectivity index (χ3v) is 3.72. The summed E-state index contributed by atoms with van der Waals surface area (Å²) in [5.41, 5.74) is 1.04. The number of ether oxygens (including phenoxy) is 1. The molecule has 0 aromatic heterocycles. The maximum Gasteiger partial charge on any atom is 0.317 e. The van der Waals surface area contributed by atoms with Gasteiger partial charge in [0, 0.05) is 30.1 Å². The van der Waals surface area contributed by atoms with E-state index in [0.29, 0.717) is 24.7 Å². The number of nitrogens with zero attached hydrogens (tertiary/aromatic N) is 1. The Hall–Kier alpha value is -1.46. The molecule has 5 nitrogen and oxygen atoms in total. The van der Waals surface area contributed by atoms with Crippen molar-refractivity contribution in [3.8, 4) is 5.75 Å². The van der Waals surface area contributed by atoms with Crippen molar-refractivity contribution in [3.05, 3.63) is 28.3 Å². The van der Waals surface area contributed by atoms with Gasteiger partial charge in [0.25, 0.3) is 0 Å². The summed E-state index contributed by atoms with van der Waals surface area (Å²) in [4.78, 5) is 13.8. The second-order valence-corrected chi connectivity index (χ2v) is 6.57. The first-order chi connectivity index (χ1) is 10.3. The predicted molar refractivity (Wildman–Crippen MR) is 86.4 cm³/mol. The second-order valence-electron chi connectivity index (χ2n) is 6.14. The second kappa shape index (κ2) is 6.75. The summed E-state index contributed by atoms with van der Waals surface area (Å²) in [6.45, 7) is 7.05. The van der Waals surface area contributed by atoms with Crippen LogP contribution in [0.5, 0.6) is 5.75 Å². The Morgan fingerprint density at radius 2 is 2.23 bits per heavy atom. The highest BCUT2D eigenvalue weighted by atomic mass is 35.5. The van der Waals surface area contributed by atoms with Gasteiger partial charge >= 0.3 is 6.03 Å². The zero-order valence-corrected chi connectivity index (χ0v) is 14.0. The molecule has 0 spiro atoms. The molecule has 0 unspecified atom stereocenters. The fourth-order valence-electron chi connectivity index (χ4n) is 2.55. The summed E-state index contributed by atoms with van der Waals surface area (Å²) in [6.07, 6.45) is 0.844. The minimum absolute atomic E-state index is 0.212. The van der Waals surface area contributed by atoms with Gasteiger partial charge in [0.15, 0.2) is 0 Å². The van der Waals surface area contributed by atoms with E-state index in [1.54, 1.807) is 18.7 Å². The standard InChI is InChI=1S/C16H23ClN2O3/c1-4-19(10-16(2,3)21)15(20)18-9-12-8-13(17)7-11-5-6-22-14(11)12/h7-8,21H,4-6,9-10H2,1-3H3,(H,18,20). The minimum Gasteiger partial charge on any atom is -0.493 e. The van der Waals surface area contributed by atoms with Crippen molar-refractivity contribution in [1.29, 1.82) is 0 Å². The Morgan fingerprint density at radius 1 is 1.50 bits per heavy atom. The molecule has 1 aliphatic rings. The Morgan fingerprint density at radius 3 is 2.86 bits per heavy atom. The smallest absolute Gasteiger partial charge is 0.317 e. The van der Waals surface area contributed by atoms with Crippen LogP contribution in [0.3, 0.4) is 0 Å². The summed E-state index contributed by atoms with van der Waals surface area (Å²) in [5, 5.41) is 13.4. The molecular weight excluding hydrogens is 304 g/mol. The van der Waals surface area contributed by atoms with Gasteiger partial charge in [-0.15, -0.1) is 0 Å². The van der Waals surface area contributed by atoms with E-state index in [9.17, 15) is 9.90 Å². The van der Waals surface area contributed by atoms with Gasteiger partial charge in [-0.3, -0.25) is 0 Å². The van der Waals surface area contributed by atoms with Gasteiger partial charge < -0.3 is 20.1 Å². The van der Waals surface area contributed by atoms with E-state index < -0.39 is 5.60 Å². The van der Waals surface area contributed by atoms with Crippen molar-refractivity contribution < 1.29 is 14.6 Å². The minimum atomic E-state index is -0.923. The summed E-state index contributed by atoms with van der Waals surface area (Å²) >= 11 is 6.11. The van der Waals surface area contributed by atoms with Crippen LogP contribution in [0.2, 0.25) is 5.02 Å². The SMILES string of the molecule is CCN(CC(C)(C)O)C(=O)NCc1cc(Cl)cc2c1OCC2. The van der Waals surface area contributed by atoms with Crippen molar-refractivity contribution >= 4 is 17.6 Å². The molecule has 2 rings (SSSR count). The first-order valence-electron chi connectivity index (χ1n) is 7.49. The van der Waals surface area contributed by atoms with Gasteiger partial charge in [-0.1, -0.05) is 11.6 Å². The molecule has 0 saturated heterocycles. The quantitative estimate of drug-likeness (QED) is 0.874.